The minimum Gasteiger partial charge on any atom is -0.394 e. The molecule has 0 fully saturated rings. The Kier molecular flexibility index (Phi) is 5.89. The molecular formula is C14H18N2O2. The maximum Gasteiger partial charge on any atom is 0.237 e. The van der Waals surface area contributed by atoms with Crippen LogP contribution < -0.4 is 5.32 Å². The third kappa shape index (κ3) is 4.19. The van der Waals surface area contributed by atoms with Crippen LogP contribution in [0, 0.1) is 17.2 Å². The Bertz CT molecular complexity index is 412. The topological polar surface area (TPSA) is 73.1 Å². The van der Waals surface area contributed by atoms with Crippen LogP contribution in [0.3, 0.4) is 0 Å². The molecule has 0 aliphatic carbocycles. The molecule has 2 N–H and O–H groups in total. The lowest BCUT2D eigenvalue weighted by atomic mass is 10.0. The molecule has 0 heterocycles. The average molecular weight is 246 g/mol. The molecule has 18 heavy (non-hydrogen) atoms. The number of benzene rings is 1. The van der Waals surface area contributed by atoms with Gasteiger partial charge < -0.3 is 10.4 Å². The normalized spacial score (nSPS) is 13.4. The van der Waals surface area contributed by atoms with Gasteiger partial charge in [-0.2, -0.15) is 5.26 Å². The molecule has 0 saturated heterocycles. The quantitative estimate of drug-likeness (QED) is 0.793. The first kappa shape index (κ1) is 14.2. The second kappa shape index (κ2) is 7.46. The molecule has 0 aliphatic heterocycles. The smallest absolute Gasteiger partial charge is 0.237 e. The van der Waals surface area contributed by atoms with Crippen LogP contribution in [-0.2, 0) is 11.2 Å². The van der Waals surface area contributed by atoms with Crippen molar-refractivity contribution in [3.8, 4) is 6.07 Å². The average Bonchev–Trinajstić information content (AvgIpc) is 2.40. The number of aliphatic hydroxyl groups is 1. The van der Waals surface area contributed by atoms with E-state index in [4.69, 9.17) is 5.26 Å². The second-order valence-electron chi connectivity index (χ2n) is 4.17. The molecule has 0 aromatic heterocycles. The van der Waals surface area contributed by atoms with E-state index in [0.29, 0.717) is 12.8 Å². The lowest BCUT2D eigenvalue weighted by molar-refractivity contribution is -0.124. The van der Waals surface area contributed by atoms with Crippen LogP contribution in [0.5, 0.6) is 0 Å². The predicted molar refractivity (Wildman–Crippen MR) is 68.6 cm³/mol. The number of carbonyl (C=O) groups is 1. The van der Waals surface area contributed by atoms with Gasteiger partial charge in [0.2, 0.25) is 5.91 Å². The van der Waals surface area contributed by atoms with E-state index in [9.17, 15) is 9.90 Å². The Morgan fingerprint density at radius 3 is 2.61 bits per heavy atom. The fourth-order valence-electron chi connectivity index (χ4n) is 1.70. The number of rotatable bonds is 6. The molecule has 0 saturated carbocycles. The first-order chi connectivity index (χ1) is 8.71. The summed E-state index contributed by atoms with van der Waals surface area (Å²) < 4.78 is 0. The van der Waals surface area contributed by atoms with Gasteiger partial charge in [-0.1, -0.05) is 37.3 Å². The summed E-state index contributed by atoms with van der Waals surface area (Å²) in [4.78, 5) is 11.7. The highest BCUT2D eigenvalue weighted by Gasteiger charge is 2.19. The highest BCUT2D eigenvalue weighted by atomic mass is 16.3. The molecular weight excluding hydrogens is 228 g/mol. The van der Waals surface area contributed by atoms with Crippen molar-refractivity contribution in [1.82, 2.24) is 5.32 Å². The van der Waals surface area contributed by atoms with Crippen molar-refractivity contribution in [1.29, 1.82) is 5.26 Å². The molecule has 0 aliphatic rings. The lowest BCUT2D eigenvalue weighted by Gasteiger charge is -2.17. The van der Waals surface area contributed by atoms with Crippen LogP contribution >= 0.6 is 0 Å². The zero-order chi connectivity index (χ0) is 13.4. The summed E-state index contributed by atoms with van der Waals surface area (Å²) in [5.41, 5.74) is 1.04. The summed E-state index contributed by atoms with van der Waals surface area (Å²) in [6.45, 7) is 1.65. The van der Waals surface area contributed by atoms with Gasteiger partial charge in [0.05, 0.1) is 18.7 Å². The number of nitriles is 1. The molecule has 0 radical (unpaired) electrons. The first-order valence-electron chi connectivity index (χ1n) is 6.06. The Labute approximate surface area is 107 Å². The van der Waals surface area contributed by atoms with E-state index in [1.165, 1.54) is 0 Å². The van der Waals surface area contributed by atoms with Crippen molar-refractivity contribution >= 4 is 5.91 Å². The molecule has 4 heteroatoms. The maximum atomic E-state index is 11.7. The lowest BCUT2D eigenvalue weighted by Crippen LogP contribution is -2.41. The molecule has 0 spiro atoms. The zero-order valence-corrected chi connectivity index (χ0v) is 10.5. The van der Waals surface area contributed by atoms with Gasteiger partial charge in [-0.3, -0.25) is 4.79 Å². The monoisotopic (exact) mass is 246 g/mol. The molecule has 2 atom stereocenters. The van der Waals surface area contributed by atoms with Gasteiger partial charge in [-0.05, 0) is 18.4 Å². The fraction of sp³-hybridized carbons (Fsp3) is 0.429. The maximum absolute atomic E-state index is 11.7. The Hall–Kier alpha value is -1.86. The number of carbonyl (C=O) groups excluding carboxylic acids is 1. The SMILES string of the molecule is CCC(C#N)C(=O)N[C@@H](CO)Cc1ccccc1. The number of hydrogen-bond acceptors (Lipinski definition) is 3. The highest BCUT2D eigenvalue weighted by Crippen LogP contribution is 2.05. The van der Waals surface area contributed by atoms with E-state index in [2.05, 4.69) is 5.32 Å². The summed E-state index contributed by atoms with van der Waals surface area (Å²) >= 11 is 0. The van der Waals surface area contributed by atoms with Crippen LogP contribution in [0.1, 0.15) is 18.9 Å². The molecule has 1 unspecified atom stereocenters. The van der Waals surface area contributed by atoms with E-state index in [0.717, 1.165) is 5.56 Å². The number of aliphatic hydroxyl groups excluding tert-OH is 1. The van der Waals surface area contributed by atoms with Crippen molar-refractivity contribution < 1.29 is 9.90 Å². The van der Waals surface area contributed by atoms with Crippen molar-refractivity contribution in [2.75, 3.05) is 6.61 Å². The van der Waals surface area contributed by atoms with Crippen LogP contribution in [0.15, 0.2) is 30.3 Å². The third-order valence-electron chi connectivity index (χ3n) is 2.77. The van der Waals surface area contributed by atoms with Gasteiger partial charge >= 0.3 is 0 Å². The largest absolute Gasteiger partial charge is 0.394 e. The van der Waals surface area contributed by atoms with E-state index in [1.807, 2.05) is 36.4 Å². The number of nitrogens with zero attached hydrogens (tertiary/aromatic N) is 1. The van der Waals surface area contributed by atoms with Gasteiger partial charge in [0.15, 0.2) is 0 Å². The summed E-state index contributed by atoms with van der Waals surface area (Å²) in [7, 11) is 0. The van der Waals surface area contributed by atoms with Crippen molar-refractivity contribution in [3.63, 3.8) is 0 Å². The van der Waals surface area contributed by atoms with Gasteiger partial charge in [0.25, 0.3) is 0 Å². The number of amides is 1. The Morgan fingerprint density at radius 1 is 1.44 bits per heavy atom. The third-order valence-corrected chi connectivity index (χ3v) is 2.77. The molecule has 0 bridgehead atoms. The van der Waals surface area contributed by atoms with Crippen molar-refractivity contribution in [2.45, 2.75) is 25.8 Å². The van der Waals surface area contributed by atoms with E-state index >= 15 is 0 Å². The summed E-state index contributed by atoms with van der Waals surface area (Å²) in [6.07, 6.45) is 1.04. The Balaban J connectivity index is 2.58. The predicted octanol–water partition coefficient (Wildman–Crippen LogP) is 1.26. The second-order valence-corrected chi connectivity index (χ2v) is 4.17. The summed E-state index contributed by atoms with van der Waals surface area (Å²) in [6, 6.07) is 11.2. The fourth-order valence-corrected chi connectivity index (χ4v) is 1.70. The molecule has 1 rings (SSSR count). The van der Waals surface area contributed by atoms with Crippen LogP contribution in [0.2, 0.25) is 0 Å². The molecule has 1 aromatic carbocycles. The minimum absolute atomic E-state index is 0.136. The summed E-state index contributed by atoms with van der Waals surface area (Å²) in [5, 5.41) is 20.8. The van der Waals surface area contributed by atoms with Crippen LogP contribution in [0.4, 0.5) is 0 Å². The van der Waals surface area contributed by atoms with Gasteiger partial charge in [-0.25, -0.2) is 0 Å². The first-order valence-corrected chi connectivity index (χ1v) is 6.06. The van der Waals surface area contributed by atoms with Gasteiger partial charge in [0, 0.05) is 0 Å². The number of hydrogen-bond donors (Lipinski definition) is 2. The molecule has 1 aromatic rings. The van der Waals surface area contributed by atoms with Crippen LogP contribution in [-0.4, -0.2) is 23.7 Å². The Morgan fingerprint density at radius 2 is 2.11 bits per heavy atom. The summed E-state index contributed by atoms with van der Waals surface area (Å²) in [5.74, 6) is -0.954. The van der Waals surface area contributed by atoms with E-state index in [1.54, 1.807) is 6.92 Å². The molecule has 1 amide bonds. The van der Waals surface area contributed by atoms with Crippen molar-refractivity contribution in [2.24, 2.45) is 5.92 Å². The van der Waals surface area contributed by atoms with E-state index in [-0.39, 0.29) is 18.6 Å². The molecule has 96 valence electrons. The highest BCUT2D eigenvalue weighted by molar-refractivity contribution is 5.81. The number of nitrogens with one attached hydrogen (secondary N) is 1. The van der Waals surface area contributed by atoms with Crippen molar-refractivity contribution in [3.05, 3.63) is 35.9 Å². The van der Waals surface area contributed by atoms with Crippen LogP contribution in [0.25, 0.3) is 0 Å². The standard InChI is InChI=1S/C14H18N2O2/c1-2-12(9-15)14(18)16-13(10-17)8-11-6-4-3-5-7-11/h3-7,12-13,17H,2,8,10H2,1H3,(H,16,18)/t12?,13-/m1/s1. The zero-order valence-electron chi connectivity index (χ0n) is 10.5. The molecule has 4 nitrogen and oxygen atoms in total. The minimum atomic E-state index is -0.644. The van der Waals surface area contributed by atoms with Gasteiger partial charge in [-0.15, -0.1) is 0 Å². The van der Waals surface area contributed by atoms with E-state index < -0.39 is 5.92 Å². The van der Waals surface area contributed by atoms with Gasteiger partial charge in [0.1, 0.15) is 5.92 Å².